The van der Waals surface area contributed by atoms with Crippen LogP contribution in [0.5, 0.6) is 0 Å². The molecular formula is C14H12N2OS. The summed E-state index contributed by atoms with van der Waals surface area (Å²) in [6.07, 6.45) is 0. The number of para-hydroxylation sites is 2. The first-order valence-corrected chi connectivity index (χ1v) is 6.48. The molecular weight excluding hydrogens is 244 g/mol. The van der Waals surface area contributed by atoms with Crippen LogP contribution in [0, 0.1) is 0 Å². The van der Waals surface area contributed by atoms with E-state index in [1.54, 1.807) is 11.6 Å². The Morgan fingerprint density at radius 3 is 2.61 bits per heavy atom. The van der Waals surface area contributed by atoms with E-state index in [9.17, 15) is 4.79 Å². The van der Waals surface area contributed by atoms with Crippen LogP contribution >= 0.6 is 11.3 Å². The molecule has 3 aromatic rings. The summed E-state index contributed by atoms with van der Waals surface area (Å²) in [5.74, 6) is 0. The molecule has 0 atom stereocenters. The minimum atomic E-state index is 0.0623. The van der Waals surface area contributed by atoms with Crippen LogP contribution in [0.1, 0.15) is 0 Å². The summed E-state index contributed by atoms with van der Waals surface area (Å²) in [6, 6.07) is 15.9. The van der Waals surface area contributed by atoms with Gasteiger partial charge in [-0.25, -0.2) is 0 Å². The maximum atomic E-state index is 11.7. The molecule has 3 rings (SSSR count). The smallest absolute Gasteiger partial charge is 0.307 e. The lowest BCUT2D eigenvalue weighted by atomic mass is 10.2. The zero-order chi connectivity index (χ0) is 12.5. The molecule has 0 saturated carbocycles. The molecule has 90 valence electrons. The molecule has 0 saturated heterocycles. The molecule has 1 aromatic heterocycles. The van der Waals surface area contributed by atoms with Crippen molar-refractivity contribution in [3.8, 4) is 0 Å². The third-order valence-electron chi connectivity index (χ3n) is 2.86. The van der Waals surface area contributed by atoms with Crippen LogP contribution in [0.15, 0.2) is 53.3 Å². The molecule has 4 heteroatoms. The minimum absolute atomic E-state index is 0.0623. The topological polar surface area (TPSA) is 34.0 Å². The Morgan fingerprint density at radius 2 is 1.83 bits per heavy atom. The van der Waals surface area contributed by atoms with Crippen molar-refractivity contribution in [2.24, 2.45) is 7.05 Å². The van der Waals surface area contributed by atoms with Crippen LogP contribution in [0.2, 0.25) is 0 Å². The molecule has 3 nitrogen and oxygen atoms in total. The van der Waals surface area contributed by atoms with Gasteiger partial charge in [0.1, 0.15) is 0 Å². The van der Waals surface area contributed by atoms with Gasteiger partial charge >= 0.3 is 4.87 Å². The molecule has 1 heterocycles. The first-order chi connectivity index (χ1) is 8.75. The lowest BCUT2D eigenvalue weighted by Crippen LogP contribution is -2.07. The van der Waals surface area contributed by atoms with Crippen molar-refractivity contribution in [3.05, 3.63) is 58.2 Å². The Balaban J connectivity index is 2.15. The summed E-state index contributed by atoms with van der Waals surface area (Å²) in [4.78, 5) is 11.8. The van der Waals surface area contributed by atoms with E-state index in [0.29, 0.717) is 0 Å². The number of anilines is 2. The lowest BCUT2D eigenvalue weighted by molar-refractivity contribution is 0.939. The third-order valence-corrected chi connectivity index (χ3v) is 3.86. The van der Waals surface area contributed by atoms with E-state index in [1.165, 1.54) is 11.3 Å². The van der Waals surface area contributed by atoms with Crippen molar-refractivity contribution in [1.29, 1.82) is 0 Å². The number of benzene rings is 2. The average molecular weight is 256 g/mol. The fourth-order valence-corrected chi connectivity index (χ4v) is 2.89. The van der Waals surface area contributed by atoms with Gasteiger partial charge in [0.2, 0.25) is 0 Å². The Hall–Kier alpha value is -2.07. The molecule has 2 aromatic carbocycles. The van der Waals surface area contributed by atoms with Crippen LogP contribution in [0.3, 0.4) is 0 Å². The molecule has 0 aliphatic carbocycles. The molecule has 0 unspecified atom stereocenters. The van der Waals surface area contributed by atoms with Crippen LogP contribution < -0.4 is 10.2 Å². The van der Waals surface area contributed by atoms with E-state index in [4.69, 9.17) is 0 Å². The SMILES string of the molecule is Cn1c(=O)sc2cccc(Nc3ccccc3)c21. The molecule has 0 spiro atoms. The minimum Gasteiger partial charge on any atom is -0.354 e. The maximum absolute atomic E-state index is 11.7. The maximum Gasteiger partial charge on any atom is 0.307 e. The molecule has 0 fully saturated rings. The van der Waals surface area contributed by atoms with Gasteiger partial charge < -0.3 is 5.32 Å². The standard InChI is InChI=1S/C14H12N2OS/c1-16-13-11(15-10-6-3-2-4-7-10)8-5-9-12(13)18-14(16)17/h2-9,15H,1H3. The van der Waals surface area contributed by atoms with Crippen molar-refractivity contribution < 1.29 is 0 Å². The molecule has 1 N–H and O–H groups in total. The molecule has 0 radical (unpaired) electrons. The Kier molecular flexibility index (Phi) is 2.64. The van der Waals surface area contributed by atoms with Crippen molar-refractivity contribution in [2.45, 2.75) is 0 Å². The van der Waals surface area contributed by atoms with Gasteiger partial charge in [0.05, 0.1) is 15.9 Å². The van der Waals surface area contributed by atoms with Crippen LogP contribution in [0.4, 0.5) is 11.4 Å². The summed E-state index contributed by atoms with van der Waals surface area (Å²) in [5, 5.41) is 3.35. The second kappa shape index (κ2) is 4.31. The summed E-state index contributed by atoms with van der Waals surface area (Å²) < 4.78 is 2.69. The monoisotopic (exact) mass is 256 g/mol. The van der Waals surface area contributed by atoms with Crippen LogP contribution in [-0.4, -0.2) is 4.57 Å². The van der Waals surface area contributed by atoms with E-state index < -0.39 is 0 Å². The first-order valence-electron chi connectivity index (χ1n) is 5.66. The number of rotatable bonds is 2. The number of nitrogens with one attached hydrogen (secondary N) is 1. The van der Waals surface area contributed by atoms with Crippen molar-refractivity contribution in [2.75, 3.05) is 5.32 Å². The highest BCUT2D eigenvalue weighted by Gasteiger charge is 2.08. The lowest BCUT2D eigenvalue weighted by Gasteiger charge is -2.08. The van der Waals surface area contributed by atoms with E-state index >= 15 is 0 Å². The van der Waals surface area contributed by atoms with E-state index in [2.05, 4.69) is 5.32 Å². The van der Waals surface area contributed by atoms with E-state index in [1.807, 2.05) is 48.5 Å². The predicted molar refractivity (Wildman–Crippen MR) is 76.8 cm³/mol. The zero-order valence-corrected chi connectivity index (χ0v) is 10.7. The van der Waals surface area contributed by atoms with Gasteiger partial charge in [0.15, 0.2) is 0 Å². The largest absolute Gasteiger partial charge is 0.354 e. The van der Waals surface area contributed by atoms with Crippen molar-refractivity contribution in [3.63, 3.8) is 0 Å². The second-order valence-corrected chi connectivity index (χ2v) is 5.06. The number of hydrogen-bond donors (Lipinski definition) is 1. The normalized spacial score (nSPS) is 10.7. The van der Waals surface area contributed by atoms with Gasteiger partial charge in [-0.1, -0.05) is 35.6 Å². The second-order valence-electron chi connectivity index (χ2n) is 4.07. The molecule has 0 aliphatic rings. The highest BCUT2D eigenvalue weighted by molar-refractivity contribution is 7.16. The summed E-state index contributed by atoms with van der Waals surface area (Å²) in [6.45, 7) is 0. The van der Waals surface area contributed by atoms with Gasteiger partial charge in [-0.3, -0.25) is 9.36 Å². The van der Waals surface area contributed by atoms with Crippen LogP contribution in [-0.2, 0) is 7.05 Å². The predicted octanol–water partition coefficient (Wildman–Crippen LogP) is 3.34. The van der Waals surface area contributed by atoms with Gasteiger partial charge in [-0.15, -0.1) is 0 Å². The highest BCUT2D eigenvalue weighted by Crippen LogP contribution is 2.27. The number of thiazole rings is 1. The van der Waals surface area contributed by atoms with Gasteiger partial charge in [-0.2, -0.15) is 0 Å². The molecule has 0 aliphatic heterocycles. The zero-order valence-electron chi connectivity index (χ0n) is 9.88. The Labute approximate surface area is 108 Å². The molecule has 18 heavy (non-hydrogen) atoms. The Morgan fingerprint density at radius 1 is 1.06 bits per heavy atom. The highest BCUT2D eigenvalue weighted by atomic mass is 32.1. The van der Waals surface area contributed by atoms with E-state index in [-0.39, 0.29) is 4.87 Å². The summed E-state index contributed by atoms with van der Waals surface area (Å²) in [7, 11) is 1.80. The van der Waals surface area contributed by atoms with Gasteiger partial charge in [0.25, 0.3) is 0 Å². The first kappa shape index (κ1) is 11.0. The molecule has 0 amide bonds. The fourth-order valence-electron chi connectivity index (χ4n) is 1.98. The quantitative estimate of drug-likeness (QED) is 0.763. The number of fused-ring (bicyclic) bond motifs is 1. The molecule has 0 bridgehead atoms. The van der Waals surface area contributed by atoms with Crippen molar-refractivity contribution >= 4 is 32.9 Å². The summed E-state index contributed by atoms with van der Waals surface area (Å²) >= 11 is 1.27. The Bertz CT molecular complexity index is 743. The van der Waals surface area contributed by atoms with Crippen LogP contribution in [0.25, 0.3) is 10.2 Å². The fraction of sp³-hybridized carbons (Fsp3) is 0.0714. The number of hydrogen-bond acceptors (Lipinski definition) is 3. The van der Waals surface area contributed by atoms with Gasteiger partial charge in [0, 0.05) is 12.7 Å². The average Bonchev–Trinajstić information content (AvgIpc) is 2.67. The van der Waals surface area contributed by atoms with E-state index in [0.717, 1.165) is 21.6 Å². The third kappa shape index (κ3) is 1.80. The van der Waals surface area contributed by atoms with Gasteiger partial charge in [-0.05, 0) is 24.3 Å². The number of nitrogens with zero attached hydrogens (tertiary/aromatic N) is 1. The number of aromatic nitrogens is 1. The number of aryl methyl sites for hydroxylation is 1. The summed E-state index contributed by atoms with van der Waals surface area (Å²) in [5.41, 5.74) is 2.93. The van der Waals surface area contributed by atoms with Crippen molar-refractivity contribution in [1.82, 2.24) is 4.57 Å².